The summed E-state index contributed by atoms with van der Waals surface area (Å²) in [4.78, 5) is 33.0. The Kier molecular flexibility index (Phi) is 18.6. The Morgan fingerprint density at radius 1 is 0.930 bits per heavy atom. The summed E-state index contributed by atoms with van der Waals surface area (Å²) >= 11 is 0. The lowest BCUT2D eigenvalue weighted by Gasteiger charge is -2.27. The Hall–Kier alpha value is -4.31. The van der Waals surface area contributed by atoms with Crippen molar-refractivity contribution in [3.63, 3.8) is 0 Å². The smallest absolute Gasteiger partial charge is 0.337 e. The number of rotatable bonds is 22. The van der Waals surface area contributed by atoms with E-state index in [1.165, 1.54) is 7.11 Å². The number of nitrogens with one attached hydrogen (secondary N) is 1. The van der Waals surface area contributed by atoms with Crippen molar-refractivity contribution in [2.24, 2.45) is 16.8 Å². The Morgan fingerprint density at radius 3 is 2.30 bits per heavy atom. The van der Waals surface area contributed by atoms with Crippen LogP contribution in [0.25, 0.3) is 0 Å². The van der Waals surface area contributed by atoms with Gasteiger partial charge in [0.15, 0.2) is 0 Å². The van der Waals surface area contributed by atoms with E-state index < -0.39 is 30.1 Å². The summed E-state index contributed by atoms with van der Waals surface area (Å²) in [7, 11) is 1.39. The van der Waals surface area contributed by atoms with Gasteiger partial charge in [-0.1, -0.05) is 124 Å². The summed E-state index contributed by atoms with van der Waals surface area (Å²) in [6, 6.07) is 13.5. The zero-order valence-corrected chi connectivity index (χ0v) is 35.9. The van der Waals surface area contributed by atoms with Crippen LogP contribution >= 0.6 is 0 Å². The molecular weight excluding hydrogens is 715 g/mol. The highest BCUT2D eigenvalue weighted by Gasteiger charge is 2.40. The van der Waals surface area contributed by atoms with Gasteiger partial charge in [0.1, 0.15) is 0 Å². The van der Waals surface area contributed by atoms with Crippen LogP contribution in [0.15, 0.2) is 95.7 Å². The molecule has 0 aliphatic carbocycles. The number of allylic oxidation sites excluding steroid dienone is 8. The minimum Gasteiger partial charge on any atom is -0.465 e. The van der Waals surface area contributed by atoms with Crippen molar-refractivity contribution in [1.29, 1.82) is 0 Å². The standard InChI is InChI=1S/C48H69N3O6/c1-10-12-19-28-49-42(47(5,6)38-23-21-22-37(30-38)46(56)57-9)24-17-15-14-16-18-25-43-48(7,8)39-31-36(26-27-40(39)51(43)29-20-13-11-2)45(55)50-32-34(3)44(54)35(4)41(53)33-52/h14-18,21-27,30-31,34-35,41,44,52-54H,10-13,19-20,28-29,32-33H2,1-9H3,(H,50,55)/b15-14+,18-16+,24-17+,43-25+,49-42+/t34-,35+,41+,44+/m0/s1. The number of hydrogen-bond donors (Lipinski definition) is 4. The van der Waals surface area contributed by atoms with Gasteiger partial charge in [-0.3, -0.25) is 9.79 Å². The van der Waals surface area contributed by atoms with Crippen molar-refractivity contribution in [2.45, 2.75) is 117 Å². The van der Waals surface area contributed by atoms with Gasteiger partial charge in [0.25, 0.3) is 5.91 Å². The highest BCUT2D eigenvalue weighted by atomic mass is 16.5. The molecule has 1 aliphatic rings. The van der Waals surface area contributed by atoms with Crippen molar-refractivity contribution >= 4 is 23.3 Å². The molecule has 0 saturated carbocycles. The third kappa shape index (κ3) is 12.6. The third-order valence-electron chi connectivity index (χ3n) is 11.3. The van der Waals surface area contributed by atoms with Gasteiger partial charge in [-0.2, -0.15) is 0 Å². The number of aliphatic imine (C=N–C) groups is 1. The lowest BCUT2D eigenvalue weighted by molar-refractivity contribution is -0.0278. The fourth-order valence-electron chi connectivity index (χ4n) is 7.27. The Labute approximate surface area is 342 Å². The quantitative estimate of drug-likeness (QED) is 0.0407. The van der Waals surface area contributed by atoms with Gasteiger partial charge in [0.2, 0.25) is 0 Å². The van der Waals surface area contributed by atoms with E-state index in [1.54, 1.807) is 13.0 Å². The van der Waals surface area contributed by atoms with Gasteiger partial charge >= 0.3 is 5.97 Å². The number of hydrogen-bond acceptors (Lipinski definition) is 8. The maximum absolute atomic E-state index is 13.4. The molecule has 3 rings (SSSR count). The number of amides is 1. The van der Waals surface area contributed by atoms with Gasteiger partial charge in [-0.15, -0.1) is 0 Å². The molecule has 2 aromatic carbocycles. The summed E-state index contributed by atoms with van der Waals surface area (Å²) in [5, 5.41) is 32.8. The maximum Gasteiger partial charge on any atom is 0.337 e. The molecule has 0 bridgehead atoms. The number of benzene rings is 2. The molecular formula is C48H69N3O6. The molecule has 0 saturated heterocycles. The second kappa shape index (κ2) is 22.6. The Bertz CT molecular complexity index is 1770. The lowest BCUT2D eigenvalue weighted by Crippen LogP contribution is -2.40. The highest BCUT2D eigenvalue weighted by molar-refractivity contribution is 6.03. The van der Waals surface area contributed by atoms with Crippen LogP contribution in [0, 0.1) is 11.8 Å². The molecule has 1 heterocycles. The average Bonchev–Trinajstić information content (AvgIpc) is 3.42. The fourth-order valence-corrected chi connectivity index (χ4v) is 7.27. The van der Waals surface area contributed by atoms with Crippen LogP contribution in [-0.4, -0.2) is 78.5 Å². The summed E-state index contributed by atoms with van der Waals surface area (Å²) in [6.07, 6.45) is 19.0. The first-order valence-corrected chi connectivity index (χ1v) is 20.8. The van der Waals surface area contributed by atoms with Gasteiger partial charge < -0.3 is 30.3 Å². The molecule has 312 valence electrons. The van der Waals surface area contributed by atoms with Gasteiger partial charge in [-0.05, 0) is 72.4 Å². The SMILES string of the molecule is CCCCC\N=C(/C=C/C=C/C=C/C=C1/N(CCCCC)c2ccc(C(=O)NC[C@H](C)[C@@H](O)[C@H](C)[C@H](O)CO)cc2C1(C)C)C(C)(C)c1cccc(C(=O)OC)c1. The summed E-state index contributed by atoms with van der Waals surface area (Å²) in [6.45, 7) is 18.0. The van der Waals surface area contributed by atoms with Crippen LogP contribution in [0.2, 0.25) is 0 Å². The number of fused-ring (bicyclic) bond motifs is 1. The number of aliphatic hydroxyl groups excluding tert-OH is 3. The zero-order chi connectivity index (χ0) is 42.2. The molecule has 1 aliphatic heterocycles. The molecule has 0 aromatic heterocycles. The summed E-state index contributed by atoms with van der Waals surface area (Å²) < 4.78 is 4.97. The second-order valence-electron chi connectivity index (χ2n) is 16.4. The lowest BCUT2D eigenvalue weighted by atomic mass is 9.79. The van der Waals surface area contributed by atoms with Crippen LogP contribution in [0.4, 0.5) is 5.69 Å². The van der Waals surface area contributed by atoms with Crippen LogP contribution in [0.3, 0.4) is 0 Å². The number of aliphatic hydroxyl groups is 3. The number of anilines is 1. The maximum atomic E-state index is 13.4. The number of methoxy groups -OCH3 is 1. The minimum atomic E-state index is -1.02. The second-order valence-corrected chi connectivity index (χ2v) is 16.4. The summed E-state index contributed by atoms with van der Waals surface area (Å²) in [5.74, 6) is -1.42. The first kappa shape index (κ1) is 47.1. The molecule has 2 aromatic rings. The number of nitrogens with zero attached hydrogens (tertiary/aromatic N) is 2. The normalized spacial score (nSPS) is 17.4. The van der Waals surface area contributed by atoms with Crippen molar-refractivity contribution in [3.8, 4) is 0 Å². The first-order chi connectivity index (χ1) is 27.1. The molecule has 9 nitrogen and oxygen atoms in total. The number of carbonyl (C=O) groups excluding carboxylic acids is 2. The highest BCUT2D eigenvalue weighted by Crippen LogP contribution is 2.48. The number of carbonyl (C=O) groups is 2. The minimum absolute atomic E-state index is 0.219. The van der Waals surface area contributed by atoms with E-state index in [-0.39, 0.29) is 29.8 Å². The first-order valence-electron chi connectivity index (χ1n) is 20.8. The van der Waals surface area contributed by atoms with Crippen LogP contribution in [-0.2, 0) is 15.6 Å². The van der Waals surface area contributed by atoms with E-state index in [9.17, 15) is 24.9 Å². The molecule has 4 atom stereocenters. The monoisotopic (exact) mass is 784 g/mol. The van der Waals surface area contributed by atoms with E-state index in [1.807, 2.05) is 67.6 Å². The number of ether oxygens (including phenoxy) is 1. The predicted molar refractivity (Wildman–Crippen MR) is 234 cm³/mol. The van der Waals surface area contributed by atoms with E-state index in [0.717, 1.165) is 79.8 Å². The van der Waals surface area contributed by atoms with Crippen molar-refractivity contribution in [2.75, 3.05) is 38.3 Å². The Balaban J connectivity index is 1.82. The van der Waals surface area contributed by atoms with Crippen molar-refractivity contribution in [3.05, 3.63) is 113 Å². The molecule has 4 N–H and O–H groups in total. The number of esters is 1. The Morgan fingerprint density at radius 2 is 1.61 bits per heavy atom. The van der Waals surface area contributed by atoms with Gasteiger partial charge in [0, 0.05) is 59.0 Å². The molecule has 57 heavy (non-hydrogen) atoms. The largest absolute Gasteiger partial charge is 0.465 e. The molecule has 9 heteroatoms. The van der Waals surface area contributed by atoms with Crippen molar-refractivity contribution in [1.82, 2.24) is 5.32 Å². The topological polar surface area (TPSA) is 132 Å². The van der Waals surface area contributed by atoms with E-state index in [2.05, 4.69) is 70.0 Å². The molecule has 0 unspecified atom stereocenters. The fraction of sp³-hybridized carbons (Fsp3) is 0.521. The molecule has 0 radical (unpaired) electrons. The van der Waals surface area contributed by atoms with E-state index >= 15 is 0 Å². The van der Waals surface area contributed by atoms with Gasteiger partial charge in [-0.25, -0.2) is 4.79 Å². The van der Waals surface area contributed by atoms with E-state index in [4.69, 9.17) is 9.73 Å². The predicted octanol–water partition coefficient (Wildman–Crippen LogP) is 8.64. The van der Waals surface area contributed by atoms with Crippen LogP contribution in [0.1, 0.15) is 126 Å². The average molecular weight is 784 g/mol. The molecule has 1 amide bonds. The van der Waals surface area contributed by atoms with Crippen LogP contribution in [0.5, 0.6) is 0 Å². The number of unbranched alkanes of at least 4 members (excludes halogenated alkanes) is 4. The zero-order valence-electron chi connectivity index (χ0n) is 35.9. The third-order valence-corrected chi connectivity index (χ3v) is 11.3. The molecule has 0 spiro atoms. The van der Waals surface area contributed by atoms with E-state index in [0.29, 0.717) is 11.1 Å². The van der Waals surface area contributed by atoms with Crippen LogP contribution < -0.4 is 10.2 Å². The van der Waals surface area contributed by atoms with Gasteiger partial charge in [0.05, 0.1) is 31.5 Å². The summed E-state index contributed by atoms with van der Waals surface area (Å²) in [5.41, 5.74) is 5.57. The van der Waals surface area contributed by atoms with Crippen molar-refractivity contribution < 1.29 is 29.6 Å². The molecule has 0 fully saturated rings.